The molecule has 10 nitrogen and oxygen atoms in total. The Morgan fingerprint density at radius 2 is 1.73 bits per heavy atom. The quantitative estimate of drug-likeness (QED) is 0.125. The van der Waals surface area contributed by atoms with E-state index in [9.17, 15) is 29.6 Å². The lowest BCUT2D eigenvalue weighted by Gasteiger charge is -2.26. The van der Waals surface area contributed by atoms with Gasteiger partial charge in [0.15, 0.2) is 0 Å². The molecule has 3 aromatic rings. The van der Waals surface area contributed by atoms with Crippen LogP contribution < -0.4 is 9.64 Å². The lowest BCUT2D eigenvalue weighted by Crippen LogP contribution is -2.29. The van der Waals surface area contributed by atoms with Crippen LogP contribution in [0.3, 0.4) is 0 Å². The summed E-state index contributed by atoms with van der Waals surface area (Å²) in [6.07, 6.45) is 0. The normalized spacial score (nSPS) is 16.5. The molecule has 1 aliphatic heterocycles. The highest BCUT2D eigenvalue weighted by Gasteiger charge is 2.47. The van der Waals surface area contributed by atoms with Gasteiger partial charge in [0.05, 0.1) is 35.8 Å². The van der Waals surface area contributed by atoms with Gasteiger partial charge in [0.1, 0.15) is 11.5 Å². The smallest absolute Gasteiger partial charge is 0.338 e. The number of anilines is 1. The van der Waals surface area contributed by atoms with E-state index >= 15 is 0 Å². The first-order valence-corrected chi connectivity index (χ1v) is 11.2. The molecule has 1 atom stereocenters. The number of nitro groups is 1. The Kier molecular flexibility index (Phi) is 7.01. The summed E-state index contributed by atoms with van der Waals surface area (Å²) in [4.78, 5) is 50.8. The van der Waals surface area contributed by atoms with Gasteiger partial charge in [0.2, 0.25) is 0 Å². The van der Waals surface area contributed by atoms with Crippen LogP contribution in [0.15, 0.2) is 78.4 Å². The SMILES string of the molecule is CCOC(=O)c1cccc(N2C(=O)C(=O)/C(=C(\O)c3cccc([N+](=O)[O-])c3)C2c2cccc(OC)c2)c1. The predicted octanol–water partition coefficient (Wildman–Crippen LogP) is 4.41. The molecule has 1 heterocycles. The number of rotatable bonds is 7. The largest absolute Gasteiger partial charge is 0.507 e. The molecule has 0 radical (unpaired) electrons. The van der Waals surface area contributed by atoms with E-state index in [2.05, 4.69) is 0 Å². The number of ketones is 1. The lowest BCUT2D eigenvalue weighted by molar-refractivity contribution is -0.384. The minimum Gasteiger partial charge on any atom is -0.507 e. The Bertz CT molecular complexity index is 1450. The van der Waals surface area contributed by atoms with Gasteiger partial charge >= 0.3 is 5.97 Å². The van der Waals surface area contributed by atoms with Gasteiger partial charge in [-0.1, -0.05) is 30.3 Å². The number of amides is 1. The number of nitrogens with zero attached hydrogens (tertiary/aromatic N) is 2. The molecule has 1 N–H and O–H groups in total. The molecule has 37 heavy (non-hydrogen) atoms. The Morgan fingerprint density at radius 3 is 2.43 bits per heavy atom. The van der Waals surface area contributed by atoms with Gasteiger partial charge < -0.3 is 14.6 Å². The van der Waals surface area contributed by atoms with Crippen LogP contribution in [-0.4, -0.2) is 41.4 Å². The first kappa shape index (κ1) is 25.1. The topological polar surface area (TPSA) is 136 Å². The summed E-state index contributed by atoms with van der Waals surface area (Å²) in [5, 5.41) is 22.5. The monoisotopic (exact) mass is 502 g/mol. The highest BCUT2D eigenvalue weighted by atomic mass is 16.6. The minimum atomic E-state index is -1.12. The maximum absolute atomic E-state index is 13.3. The molecule has 1 unspecified atom stereocenters. The summed E-state index contributed by atoms with van der Waals surface area (Å²) in [7, 11) is 1.46. The molecule has 1 aliphatic rings. The van der Waals surface area contributed by atoms with Crippen molar-refractivity contribution in [1.29, 1.82) is 0 Å². The molecular formula is C27H22N2O8. The van der Waals surface area contributed by atoms with Crippen molar-refractivity contribution < 1.29 is 33.9 Å². The van der Waals surface area contributed by atoms with Gasteiger partial charge in [0.25, 0.3) is 17.4 Å². The van der Waals surface area contributed by atoms with Gasteiger partial charge in [-0.3, -0.25) is 24.6 Å². The first-order chi connectivity index (χ1) is 17.8. The highest BCUT2D eigenvalue weighted by Crippen LogP contribution is 2.43. The van der Waals surface area contributed by atoms with Crippen LogP contribution in [0.4, 0.5) is 11.4 Å². The fraction of sp³-hybridized carbons (Fsp3) is 0.148. The first-order valence-electron chi connectivity index (χ1n) is 11.2. The van der Waals surface area contributed by atoms with Gasteiger partial charge in [-0.05, 0) is 42.8 Å². The zero-order chi connectivity index (χ0) is 26.7. The van der Waals surface area contributed by atoms with E-state index in [1.165, 1.54) is 42.3 Å². The van der Waals surface area contributed by atoms with Crippen molar-refractivity contribution in [2.75, 3.05) is 18.6 Å². The zero-order valence-corrected chi connectivity index (χ0v) is 19.9. The average molecular weight is 502 g/mol. The van der Waals surface area contributed by atoms with E-state index < -0.39 is 34.4 Å². The Hall–Kier alpha value is -4.99. The zero-order valence-electron chi connectivity index (χ0n) is 19.9. The van der Waals surface area contributed by atoms with Crippen LogP contribution >= 0.6 is 0 Å². The number of carbonyl (C=O) groups excluding carboxylic acids is 3. The highest BCUT2D eigenvalue weighted by molar-refractivity contribution is 6.51. The number of carbonyl (C=O) groups is 3. The van der Waals surface area contributed by atoms with E-state index in [4.69, 9.17) is 9.47 Å². The minimum absolute atomic E-state index is 0.000343. The van der Waals surface area contributed by atoms with Crippen molar-refractivity contribution in [1.82, 2.24) is 0 Å². The van der Waals surface area contributed by atoms with Crippen molar-refractivity contribution in [2.45, 2.75) is 13.0 Å². The van der Waals surface area contributed by atoms with Crippen molar-refractivity contribution >= 4 is 34.8 Å². The van der Waals surface area contributed by atoms with E-state index in [1.807, 2.05) is 0 Å². The third-order valence-electron chi connectivity index (χ3n) is 5.82. The fourth-order valence-corrected chi connectivity index (χ4v) is 4.15. The maximum atomic E-state index is 13.3. The van der Waals surface area contributed by atoms with Crippen LogP contribution in [0.1, 0.15) is 34.5 Å². The number of ether oxygens (including phenoxy) is 2. The molecule has 0 saturated carbocycles. The van der Waals surface area contributed by atoms with Gasteiger partial charge in [-0.15, -0.1) is 0 Å². The number of nitro benzene ring substituents is 1. The van der Waals surface area contributed by atoms with Gasteiger partial charge in [-0.2, -0.15) is 0 Å². The lowest BCUT2D eigenvalue weighted by atomic mass is 9.94. The summed E-state index contributed by atoms with van der Waals surface area (Å²) in [6.45, 7) is 1.82. The summed E-state index contributed by atoms with van der Waals surface area (Å²) in [5.41, 5.74) is 0.272. The number of methoxy groups -OCH3 is 1. The van der Waals surface area contributed by atoms with Gasteiger partial charge in [0, 0.05) is 23.4 Å². The fourth-order valence-electron chi connectivity index (χ4n) is 4.15. The molecular weight excluding hydrogens is 480 g/mol. The van der Waals surface area contributed by atoms with E-state index in [-0.39, 0.29) is 34.7 Å². The third-order valence-corrected chi connectivity index (χ3v) is 5.82. The van der Waals surface area contributed by atoms with Crippen molar-refractivity contribution in [3.8, 4) is 5.75 Å². The second-order valence-corrected chi connectivity index (χ2v) is 8.02. The summed E-state index contributed by atoms with van der Waals surface area (Å²) in [5.74, 6) is -2.66. The Balaban J connectivity index is 1.94. The molecule has 0 aromatic heterocycles. The maximum Gasteiger partial charge on any atom is 0.338 e. The number of aliphatic hydroxyl groups is 1. The summed E-state index contributed by atoms with van der Waals surface area (Å²) in [6, 6.07) is 16.7. The standard InChI is InChI=1S/C27H22N2O8/c1-3-37-27(33)18-9-5-10-19(14-18)28-23(16-7-6-12-21(15-16)36-2)22(25(31)26(28)32)24(30)17-8-4-11-20(13-17)29(34)35/h4-15,23,30H,3H2,1-2H3/b24-22-. The van der Waals surface area contributed by atoms with Crippen molar-refractivity contribution in [3.63, 3.8) is 0 Å². The number of esters is 1. The number of hydrogen-bond acceptors (Lipinski definition) is 8. The van der Waals surface area contributed by atoms with E-state index in [0.29, 0.717) is 11.3 Å². The van der Waals surface area contributed by atoms with Gasteiger partial charge in [-0.25, -0.2) is 4.79 Å². The molecule has 1 amide bonds. The molecule has 188 valence electrons. The number of benzene rings is 3. The molecule has 0 bridgehead atoms. The molecule has 0 spiro atoms. The Morgan fingerprint density at radius 1 is 1.03 bits per heavy atom. The molecule has 10 heteroatoms. The Labute approximate surface area is 211 Å². The molecule has 1 saturated heterocycles. The summed E-state index contributed by atoms with van der Waals surface area (Å²) < 4.78 is 10.4. The average Bonchev–Trinajstić information content (AvgIpc) is 3.18. The second kappa shape index (κ2) is 10.3. The van der Waals surface area contributed by atoms with E-state index in [0.717, 1.165) is 6.07 Å². The number of non-ortho nitro benzene ring substituents is 1. The van der Waals surface area contributed by atoms with E-state index in [1.54, 1.807) is 43.3 Å². The molecule has 3 aromatic carbocycles. The number of hydrogen-bond donors (Lipinski definition) is 1. The summed E-state index contributed by atoms with van der Waals surface area (Å²) >= 11 is 0. The number of Topliss-reactive ketones (excluding diaryl/α,β-unsaturated/α-hetero) is 1. The number of aliphatic hydroxyl groups excluding tert-OH is 1. The van der Waals surface area contributed by atoms with Crippen molar-refractivity contribution in [3.05, 3.63) is 105 Å². The van der Waals surface area contributed by atoms with Crippen LogP contribution in [0, 0.1) is 10.1 Å². The van der Waals surface area contributed by atoms with Crippen LogP contribution in [0.25, 0.3) is 5.76 Å². The van der Waals surface area contributed by atoms with Crippen molar-refractivity contribution in [2.24, 2.45) is 0 Å². The molecule has 4 rings (SSSR count). The third kappa shape index (κ3) is 4.76. The molecule has 1 fully saturated rings. The molecule has 0 aliphatic carbocycles. The van der Waals surface area contributed by atoms with Crippen LogP contribution in [0.2, 0.25) is 0 Å². The second-order valence-electron chi connectivity index (χ2n) is 8.02. The predicted molar refractivity (Wildman–Crippen MR) is 133 cm³/mol. The van der Waals surface area contributed by atoms with Crippen LogP contribution in [0.5, 0.6) is 5.75 Å². The van der Waals surface area contributed by atoms with Crippen LogP contribution in [-0.2, 0) is 14.3 Å².